The second kappa shape index (κ2) is 6.96. The fourth-order valence-electron chi connectivity index (χ4n) is 3.63. The zero-order chi connectivity index (χ0) is 19.1. The molecule has 0 aromatic heterocycles. The van der Waals surface area contributed by atoms with E-state index in [2.05, 4.69) is 0 Å². The van der Waals surface area contributed by atoms with Crippen LogP contribution >= 0.6 is 0 Å². The van der Waals surface area contributed by atoms with E-state index in [1.54, 1.807) is 20.8 Å². The van der Waals surface area contributed by atoms with Crippen LogP contribution in [0.5, 0.6) is 0 Å². The van der Waals surface area contributed by atoms with Gasteiger partial charge in [0.1, 0.15) is 11.7 Å². The van der Waals surface area contributed by atoms with Gasteiger partial charge in [0.2, 0.25) is 5.91 Å². The average Bonchev–Trinajstić information content (AvgIpc) is 2.97. The van der Waals surface area contributed by atoms with Crippen molar-refractivity contribution in [2.75, 3.05) is 0 Å². The summed E-state index contributed by atoms with van der Waals surface area (Å²) in [6, 6.07) is -0.442. The molecule has 2 aliphatic heterocycles. The third kappa shape index (κ3) is 4.15. The molecule has 2 saturated heterocycles. The first-order chi connectivity index (χ1) is 11.4. The Labute approximate surface area is 150 Å². The highest BCUT2D eigenvalue weighted by molar-refractivity contribution is 5.96. The van der Waals surface area contributed by atoms with Crippen LogP contribution in [0.3, 0.4) is 0 Å². The number of cyclic esters (lactones) is 1. The first kappa shape index (κ1) is 19.7. The molecule has 2 amide bonds. The van der Waals surface area contributed by atoms with E-state index < -0.39 is 23.8 Å². The Kier molecular flexibility index (Phi) is 5.50. The Bertz CT molecular complexity index is 549. The lowest BCUT2D eigenvalue weighted by Gasteiger charge is -2.29. The van der Waals surface area contributed by atoms with Gasteiger partial charge in [-0.2, -0.15) is 0 Å². The van der Waals surface area contributed by atoms with Crippen molar-refractivity contribution in [3.05, 3.63) is 0 Å². The lowest BCUT2D eigenvalue weighted by atomic mass is 9.88. The number of carbonyl (C=O) groups is 3. The monoisotopic (exact) mass is 353 g/mol. The molecule has 6 heteroatoms. The highest BCUT2D eigenvalue weighted by atomic mass is 16.6. The van der Waals surface area contributed by atoms with Gasteiger partial charge >= 0.3 is 12.1 Å². The highest BCUT2D eigenvalue weighted by Gasteiger charge is 2.52. The summed E-state index contributed by atoms with van der Waals surface area (Å²) < 4.78 is 11.0. The molecule has 0 unspecified atom stereocenters. The number of ether oxygens (including phenoxy) is 2. The molecule has 2 aliphatic rings. The third-order valence-corrected chi connectivity index (χ3v) is 5.07. The predicted molar refractivity (Wildman–Crippen MR) is 92.6 cm³/mol. The summed E-state index contributed by atoms with van der Waals surface area (Å²) in [6.45, 7) is 13.2. The van der Waals surface area contributed by atoms with Crippen LogP contribution in [0.25, 0.3) is 0 Å². The number of amides is 2. The normalized spacial score (nSPS) is 30.4. The summed E-state index contributed by atoms with van der Waals surface area (Å²) in [5.74, 6) is -0.609. The lowest BCUT2D eigenvalue weighted by Crippen LogP contribution is -2.47. The minimum absolute atomic E-state index is 0.112. The SMILES string of the molecule is CC(C)[C@@H]1C[C@@H]([C@@H]2C[C@@H](C(C)C)C(=O)N2C(=O)OC(C)(C)C)OC1=O. The Morgan fingerprint density at radius 2 is 1.64 bits per heavy atom. The molecule has 6 nitrogen and oxygen atoms in total. The molecule has 0 saturated carbocycles. The molecule has 142 valence electrons. The third-order valence-electron chi connectivity index (χ3n) is 5.07. The summed E-state index contributed by atoms with van der Waals surface area (Å²) in [4.78, 5) is 38.8. The van der Waals surface area contributed by atoms with E-state index >= 15 is 0 Å². The van der Waals surface area contributed by atoms with Crippen LogP contribution in [0.1, 0.15) is 61.3 Å². The Hall–Kier alpha value is -1.59. The van der Waals surface area contributed by atoms with Gasteiger partial charge in [0.05, 0.1) is 12.0 Å². The molecule has 0 aliphatic carbocycles. The molecule has 2 rings (SSSR count). The van der Waals surface area contributed by atoms with E-state index in [1.807, 2.05) is 27.7 Å². The van der Waals surface area contributed by atoms with Crippen LogP contribution in [0.4, 0.5) is 4.79 Å². The maximum absolute atomic E-state index is 12.8. The van der Waals surface area contributed by atoms with Gasteiger partial charge < -0.3 is 9.47 Å². The molecule has 0 spiro atoms. The quantitative estimate of drug-likeness (QED) is 0.727. The molecule has 2 fully saturated rings. The Morgan fingerprint density at radius 3 is 2.08 bits per heavy atom. The second-order valence-corrected chi connectivity index (χ2v) is 8.90. The number of imide groups is 1. The summed E-state index contributed by atoms with van der Waals surface area (Å²) in [5.41, 5.74) is -0.690. The number of nitrogens with zero attached hydrogens (tertiary/aromatic N) is 1. The van der Waals surface area contributed by atoms with Crippen LogP contribution in [0.2, 0.25) is 0 Å². The minimum atomic E-state index is -0.690. The van der Waals surface area contributed by atoms with Gasteiger partial charge in [-0.05, 0) is 45.4 Å². The largest absolute Gasteiger partial charge is 0.460 e. The van der Waals surface area contributed by atoms with Crippen molar-refractivity contribution in [3.8, 4) is 0 Å². The number of hydrogen-bond donors (Lipinski definition) is 0. The van der Waals surface area contributed by atoms with Crippen molar-refractivity contribution in [1.29, 1.82) is 0 Å². The lowest BCUT2D eigenvalue weighted by molar-refractivity contribution is -0.148. The molecular weight excluding hydrogens is 322 g/mol. The van der Waals surface area contributed by atoms with Crippen LogP contribution in [-0.2, 0) is 19.1 Å². The van der Waals surface area contributed by atoms with Crippen molar-refractivity contribution in [2.45, 2.75) is 79.1 Å². The molecule has 2 heterocycles. The second-order valence-electron chi connectivity index (χ2n) is 8.90. The Balaban J connectivity index is 2.25. The molecule has 4 atom stereocenters. The van der Waals surface area contributed by atoms with Crippen LogP contribution in [0, 0.1) is 23.7 Å². The summed E-state index contributed by atoms with van der Waals surface area (Å²) in [6.07, 6.45) is -0.0355. The summed E-state index contributed by atoms with van der Waals surface area (Å²) in [7, 11) is 0. The van der Waals surface area contributed by atoms with Crippen molar-refractivity contribution in [3.63, 3.8) is 0 Å². The van der Waals surface area contributed by atoms with Crippen molar-refractivity contribution in [2.24, 2.45) is 23.7 Å². The number of esters is 1. The van der Waals surface area contributed by atoms with Crippen molar-refractivity contribution >= 4 is 18.0 Å². The minimum Gasteiger partial charge on any atom is -0.460 e. The van der Waals surface area contributed by atoms with E-state index in [9.17, 15) is 14.4 Å². The maximum Gasteiger partial charge on any atom is 0.417 e. The molecule has 0 radical (unpaired) electrons. The molecule has 0 N–H and O–H groups in total. The van der Waals surface area contributed by atoms with Crippen molar-refractivity contribution in [1.82, 2.24) is 4.90 Å². The predicted octanol–water partition coefficient (Wildman–Crippen LogP) is 3.38. The van der Waals surface area contributed by atoms with E-state index in [0.717, 1.165) is 0 Å². The molecule has 0 aromatic carbocycles. The molecule has 25 heavy (non-hydrogen) atoms. The highest BCUT2D eigenvalue weighted by Crippen LogP contribution is 2.39. The molecule has 0 aromatic rings. The fraction of sp³-hybridized carbons (Fsp3) is 0.842. The van der Waals surface area contributed by atoms with E-state index in [-0.39, 0.29) is 35.5 Å². The van der Waals surface area contributed by atoms with Crippen LogP contribution in [-0.4, -0.2) is 40.6 Å². The number of rotatable bonds is 3. The smallest absolute Gasteiger partial charge is 0.417 e. The van der Waals surface area contributed by atoms with Gasteiger partial charge in [-0.25, -0.2) is 9.69 Å². The first-order valence-corrected chi connectivity index (χ1v) is 9.19. The zero-order valence-electron chi connectivity index (χ0n) is 16.4. The van der Waals surface area contributed by atoms with Crippen LogP contribution in [0.15, 0.2) is 0 Å². The number of likely N-dealkylation sites (tertiary alicyclic amines) is 1. The van der Waals surface area contributed by atoms with Gasteiger partial charge in [-0.3, -0.25) is 9.59 Å². The molecule has 0 bridgehead atoms. The zero-order valence-corrected chi connectivity index (χ0v) is 16.4. The van der Waals surface area contributed by atoms with Gasteiger partial charge in [0, 0.05) is 5.92 Å². The van der Waals surface area contributed by atoms with Gasteiger partial charge in [-0.1, -0.05) is 27.7 Å². The van der Waals surface area contributed by atoms with Crippen molar-refractivity contribution < 1.29 is 23.9 Å². The number of carbonyl (C=O) groups excluding carboxylic acids is 3. The van der Waals surface area contributed by atoms with Gasteiger partial charge in [0.15, 0.2) is 0 Å². The van der Waals surface area contributed by atoms with Gasteiger partial charge in [-0.15, -0.1) is 0 Å². The van der Waals surface area contributed by atoms with Crippen LogP contribution < -0.4 is 0 Å². The van der Waals surface area contributed by atoms with E-state index in [0.29, 0.717) is 12.8 Å². The first-order valence-electron chi connectivity index (χ1n) is 9.19. The summed E-state index contributed by atoms with van der Waals surface area (Å²) in [5, 5.41) is 0. The summed E-state index contributed by atoms with van der Waals surface area (Å²) >= 11 is 0. The fourth-order valence-corrected chi connectivity index (χ4v) is 3.63. The maximum atomic E-state index is 12.8. The standard InChI is InChI=1S/C19H31NO5/c1-10(2)12-8-14(15-9-13(11(3)4)17(22)24-15)20(16(12)21)18(23)25-19(5,6)7/h10-15H,8-9H2,1-7H3/t12-,13-,14-,15-/m0/s1. The Morgan fingerprint density at radius 1 is 1.08 bits per heavy atom. The number of hydrogen-bond acceptors (Lipinski definition) is 5. The topological polar surface area (TPSA) is 72.9 Å². The van der Waals surface area contributed by atoms with Gasteiger partial charge in [0.25, 0.3) is 0 Å². The van der Waals surface area contributed by atoms with E-state index in [4.69, 9.17) is 9.47 Å². The van der Waals surface area contributed by atoms with E-state index in [1.165, 1.54) is 4.90 Å². The average molecular weight is 353 g/mol. The molecular formula is C19H31NO5.